The average Bonchev–Trinajstić information content (AvgIpc) is 3.54. The Morgan fingerprint density at radius 3 is 2.71 bits per heavy atom. The van der Waals surface area contributed by atoms with Crippen molar-refractivity contribution in [3.8, 4) is 0 Å². The van der Waals surface area contributed by atoms with E-state index in [0.29, 0.717) is 12.8 Å². The molecule has 194 valence electrons. The van der Waals surface area contributed by atoms with Gasteiger partial charge in [-0.15, -0.1) is 0 Å². The van der Waals surface area contributed by atoms with Crippen LogP contribution in [0.25, 0.3) is 27.4 Å². The predicted octanol–water partition coefficient (Wildman–Crippen LogP) is 3.54. The molecule has 3 heterocycles. The Labute approximate surface area is 213 Å². The van der Waals surface area contributed by atoms with Gasteiger partial charge in [0.1, 0.15) is 22.9 Å². The van der Waals surface area contributed by atoms with Crippen LogP contribution in [-0.2, 0) is 21.4 Å². The molecule has 38 heavy (non-hydrogen) atoms. The number of allylic oxidation sites excluding steroid dienone is 4. The zero-order valence-electron chi connectivity index (χ0n) is 19.6. The standard InChI is InChI=1S/C26H19F2N3O6S/c27-17-10-19-23(25-15(17)7-8-37-25)22(16-3-1-2-4-20(16)32)24(26(34)30-38(35,36)14-5-6-14)31(19)12-13-9-21(33)29-11-18(13)28/h1-3,7-11,14H,4-6,12H2,(H,29,33)(H,30,34). The molecule has 1 aromatic carbocycles. The number of nitrogens with zero attached hydrogens (tertiary/aromatic N) is 1. The second-order valence-electron chi connectivity index (χ2n) is 9.21. The number of nitrogens with one attached hydrogen (secondary N) is 2. The molecule has 2 aliphatic carbocycles. The third-order valence-electron chi connectivity index (χ3n) is 6.68. The van der Waals surface area contributed by atoms with Crippen molar-refractivity contribution < 1.29 is 31.2 Å². The number of carbonyl (C=O) groups excluding carboxylic acids is 2. The number of amides is 1. The minimum absolute atomic E-state index is 0.0190. The number of furan rings is 1. The summed E-state index contributed by atoms with van der Waals surface area (Å²) in [4.78, 5) is 40.9. The molecular weight excluding hydrogens is 520 g/mol. The number of halogens is 2. The smallest absolute Gasteiger partial charge is 0.282 e. The van der Waals surface area contributed by atoms with E-state index in [1.54, 1.807) is 12.2 Å². The highest BCUT2D eigenvalue weighted by molar-refractivity contribution is 7.91. The van der Waals surface area contributed by atoms with Crippen molar-refractivity contribution in [3.05, 3.63) is 87.7 Å². The van der Waals surface area contributed by atoms with Crippen molar-refractivity contribution in [2.45, 2.75) is 31.1 Å². The van der Waals surface area contributed by atoms with E-state index in [1.807, 2.05) is 0 Å². The van der Waals surface area contributed by atoms with Gasteiger partial charge in [0.2, 0.25) is 15.6 Å². The number of aromatic amines is 1. The first-order valence-corrected chi connectivity index (χ1v) is 13.3. The van der Waals surface area contributed by atoms with Crippen LogP contribution in [0.2, 0.25) is 0 Å². The lowest BCUT2D eigenvalue weighted by Crippen LogP contribution is -2.35. The lowest BCUT2D eigenvalue weighted by Gasteiger charge is -2.15. The largest absolute Gasteiger partial charge is 0.463 e. The van der Waals surface area contributed by atoms with Gasteiger partial charge in [0.15, 0.2) is 5.78 Å². The fourth-order valence-corrected chi connectivity index (χ4v) is 6.04. The van der Waals surface area contributed by atoms with Crippen molar-refractivity contribution >= 4 is 49.2 Å². The van der Waals surface area contributed by atoms with Gasteiger partial charge in [-0.2, -0.15) is 0 Å². The molecule has 0 unspecified atom stereocenters. The molecule has 9 nitrogen and oxygen atoms in total. The number of fused-ring (bicyclic) bond motifs is 3. The van der Waals surface area contributed by atoms with Gasteiger partial charge in [-0.3, -0.25) is 14.4 Å². The SMILES string of the molecule is O=C1CC=CC=C1c1c(C(=O)NS(=O)(=O)C2CC2)n(Cc2cc(=O)[nH]cc2F)c2cc(F)c3ccoc3c12. The predicted molar refractivity (Wildman–Crippen MR) is 134 cm³/mol. The zero-order chi connectivity index (χ0) is 26.8. The number of carbonyl (C=O) groups is 2. The molecular formula is C26H19F2N3O6S. The summed E-state index contributed by atoms with van der Waals surface area (Å²) in [6.45, 7) is -0.443. The molecule has 2 aliphatic rings. The molecule has 0 radical (unpaired) electrons. The van der Waals surface area contributed by atoms with Crippen molar-refractivity contribution in [2.75, 3.05) is 0 Å². The molecule has 0 aliphatic heterocycles. The van der Waals surface area contributed by atoms with Crippen molar-refractivity contribution in [1.82, 2.24) is 14.3 Å². The summed E-state index contributed by atoms with van der Waals surface area (Å²) in [6, 6.07) is 3.48. The molecule has 12 heteroatoms. The van der Waals surface area contributed by atoms with E-state index in [9.17, 15) is 27.2 Å². The van der Waals surface area contributed by atoms with Crippen LogP contribution in [0.3, 0.4) is 0 Å². The molecule has 2 N–H and O–H groups in total. The Morgan fingerprint density at radius 1 is 1.18 bits per heavy atom. The maximum absolute atomic E-state index is 15.2. The summed E-state index contributed by atoms with van der Waals surface area (Å²) in [5.41, 5.74) is -0.860. The lowest BCUT2D eigenvalue weighted by molar-refractivity contribution is -0.113. The number of H-pyrrole nitrogens is 1. The number of aromatic nitrogens is 2. The number of rotatable bonds is 6. The van der Waals surface area contributed by atoms with Crippen LogP contribution >= 0.6 is 0 Å². The molecule has 1 saturated carbocycles. The first kappa shape index (κ1) is 24.0. The molecule has 6 rings (SSSR count). The van der Waals surface area contributed by atoms with Crippen molar-refractivity contribution in [1.29, 1.82) is 0 Å². The Balaban J connectivity index is 1.71. The number of sulfonamides is 1. The van der Waals surface area contributed by atoms with Gasteiger partial charge >= 0.3 is 0 Å². The van der Waals surface area contributed by atoms with Gasteiger partial charge < -0.3 is 14.0 Å². The number of ketones is 1. The summed E-state index contributed by atoms with van der Waals surface area (Å²) in [7, 11) is -4.04. The van der Waals surface area contributed by atoms with Gasteiger partial charge in [-0.1, -0.05) is 18.2 Å². The zero-order valence-corrected chi connectivity index (χ0v) is 20.4. The fraction of sp³-hybridized carbons (Fsp3) is 0.192. The van der Waals surface area contributed by atoms with E-state index in [1.165, 1.54) is 23.0 Å². The number of benzene rings is 1. The molecule has 0 spiro atoms. The van der Waals surface area contributed by atoms with E-state index in [2.05, 4.69) is 9.71 Å². The van der Waals surface area contributed by atoms with E-state index < -0.39 is 44.9 Å². The minimum Gasteiger partial charge on any atom is -0.463 e. The van der Waals surface area contributed by atoms with Gasteiger partial charge in [-0.25, -0.2) is 21.9 Å². The number of hydrogen-bond donors (Lipinski definition) is 2. The van der Waals surface area contributed by atoms with Crippen LogP contribution in [0.4, 0.5) is 8.78 Å². The third kappa shape index (κ3) is 3.88. The van der Waals surface area contributed by atoms with E-state index in [-0.39, 0.29) is 56.5 Å². The van der Waals surface area contributed by atoms with Crippen LogP contribution in [0.5, 0.6) is 0 Å². The summed E-state index contributed by atoms with van der Waals surface area (Å²) >= 11 is 0. The maximum Gasteiger partial charge on any atom is 0.282 e. The summed E-state index contributed by atoms with van der Waals surface area (Å²) in [5, 5.41) is -0.471. The first-order chi connectivity index (χ1) is 18.2. The van der Waals surface area contributed by atoms with Crippen LogP contribution < -0.4 is 10.3 Å². The Morgan fingerprint density at radius 2 is 1.97 bits per heavy atom. The third-order valence-corrected chi connectivity index (χ3v) is 8.50. The molecule has 1 amide bonds. The first-order valence-electron chi connectivity index (χ1n) is 11.7. The van der Waals surface area contributed by atoms with E-state index in [0.717, 1.165) is 18.3 Å². The molecule has 0 atom stereocenters. The van der Waals surface area contributed by atoms with Crippen LogP contribution in [0.1, 0.15) is 40.9 Å². The molecule has 0 saturated heterocycles. The van der Waals surface area contributed by atoms with E-state index in [4.69, 9.17) is 4.42 Å². The van der Waals surface area contributed by atoms with Gasteiger partial charge in [0.25, 0.3) is 5.91 Å². The van der Waals surface area contributed by atoms with Crippen LogP contribution in [0, 0.1) is 11.6 Å². The molecule has 1 fully saturated rings. The highest BCUT2D eigenvalue weighted by atomic mass is 32.2. The number of hydrogen-bond acceptors (Lipinski definition) is 6. The monoisotopic (exact) mass is 539 g/mol. The summed E-state index contributed by atoms with van der Waals surface area (Å²) < 4.78 is 64.2. The van der Waals surface area contributed by atoms with Crippen LogP contribution in [-0.4, -0.2) is 34.9 Å². The lowest BCUT2D eigenvalue weighted by atomic mass is 9.93. The topological polar surface area (TPSA) is 131 Å². The second kappa shape index (κ2) is 8.62. The highest BCUT2D eigenvalue weighted by Gasteiger charge is 2.39. The summed E-state index contributed by atoms with van der Waals surface area (Å²) in [5.74, 6) is -2.95. The maximum atomic E-state index is 15.2. The van der Waals surface area contributed by atoms with Crippen molar-refractivity contribution in [2.24, 2.45) is 0 Å². The Hall–Kier alpha value is -4.32. The second-order valence-corrected chi connectivity index (χ2v) is 11.2. The fourth-order valence-electron chi connectivity index (χ4n) is 4.76. The molecule has 0 bridgehead atoms. The van der Waals surface area contributed by atoms with Crippen LogP contribution in [0.15, 0.2) is 58.1 Å². The normalized spacial score (nSPS) is 15.8. The van der Waals surface area contributed by atoms with Gasteiger partial charge in [0.05, 0.1) is 34.3 Å². The molecule has 4 aromatic rings. The quantitative estimate of drug-likeness (QED) is 0.385. The number of Topliss-reactive ketones (excluding diaryl/α,β-unsaturated/α-hetero) is 1. The van der Waals surface area contributed by atoms with Gasteiger partial charge in [-0.05, 0) is 25.0 Å². The molecule has 3 aromatic heterocycles. The average molecular weight is 540 g/mol. The Bertz CT molecular complexity index is 1910. The summed E-state index contributed by atoms with van der Waals surface area (Å²) in [6.07, 6.45) is 7.61. The number of pyridine rings is 1. The van der Waals surface area contributed by atoms with Crippen molar-refractivity contribution in [3.63, 3.8) is 0 Å². The van der Waals surface area contributed by atoms with Gasteiger partial charge in [0, 0.05) is 35.4 Å². The Kier molecular flexibility index (Phi) is 5.45. The minimum atomic E-state index is -4.04. The van der Waals surface area contributed by atoms with E-state index >= 15 is 4.39 Å². The highest BCUT2D eigenvalue weighted by Crippen LogP contribution is 2.40.